The van der Waals surface area contributed by atoms with Crippen molar-refractivity contribution < 1.29 is 0 Å². The van der Waals surface area contributed by atoms with Crippen molar-refractivity contribution in [2.45, 2.75) is 45.1 Å². The van der Waals surface area contributed by atoms with Gasteiger partial charge in [0, 0.05) is 6.04 Å². The Hall–Kier alpha value is -0.0400. The van der Waals surface area contributed by atoms with Gasteiger partial charge in [-0.15, -0.1) is 0 Å². The second kappa shape index (κ2) is 3.14. The molecule has 0 aliphatic carbocycles. The molecule has 1 unspecified atom stereocenters. The van der Waals surface area contributed by atoms with Gasteiger partial charge in [-0.25, -0.2) is 0 Å². The summed E-state index contributed by atoms with van der Waals surface area (Å²) in [5.74, 6) is 1.09. The molecule has 3 aliphatic rings. The highest BCUT2D eigenvalue weighted by Gasteiger charge is 2.32. The van der Waals surface area contributed by atoms with E-state index in [1.807, 2.05) is 0 Å². The zero-order valence-electron chi connectivity index (χ0n) is 7.55. The molecule has 0 radical (unpaired) electrons. The third kappa shape index (κ3) is 1.44. The topological polar surface area (TPSA) is 3.24 Å². The first-order chi connectivity index (χ1) is 5.40. The molecule has 0 saturated carbocycles. The Labute approximate surface area is 69.8 Å². The molecule has 0 spiro atoms. The molecule has 3 heterocycles. The summed E-state index contributed by atoms with van der Waals surface area (Å²) in [5, 5.41) is 0. The Morgan fingerprint density at radius 3 is 2.45 bits per heavy atom. The van der Waals surface area contributed by atoms with E-state index in [2.05, 4.69) is 11.8 Å². The maximum atomic E-state index is 2.71. The van der Waals surface area contributed by atoms with Crippen molar-refractivity contribution >= 4 is 0 Å². The predicted molar refractivity (Wildman–Crippen MR) is 47.6 cm³/mol. The number of hydrogen-bond donors (Lipinski definition) is 0. The molecular weight excluding hydrogens is 134 g/mol. The molecule has 2 bridgehead atoms. The standard InChI is InChI=1S/C10H19N/c1-2-3-10-8-9-4-6-11(10)7-5-9/h9-10H,2-8H2,1H3. The molecule has 1 nitrogen and oxygen atoms in total. The molecule has 11 heavy (non-hydrogen) atoms. The highest BCUT2D eigenvalue weighted by molar-refractivity contribution is 4.87. The first-order valence-corrected chi connectivity index (χ1v) is 5.14. The summed E-state index contributed by atoms with van der Waals surface area (Å²) in [4.78, 5) is 2.71. The third-order valence-electron chi connectivity index (χ3n) is 3.39. The van der Waals surface area contributed by atoms with E-state index in [-0.39, 0.29) is 0 Å². The first-order valence-electron chi connectivity index (χ1n) is 5.14. The quantitative estimate of drug-likeness (QED) is 0.588. The van der Waals surface area contributed by atoms with Crippen LogP contribution < -0.4 is 0 Å². The Bertz CT molecular complexity index is 125. The van der Waals surface area contributed by atoms with E-state index in [9.17, 15) is 0 Å². The highest BCUT2D eigenvalue weighted by Crippen LogP contribution is 2.33. The fraction of sp³-hybridized carbons (Fsp3) is 1.00. The molecular formula is C10H19N. The SMILES string of the molecule is CCCC1CC2CCN1CC2. The normalized spacial score (nSPS) is 42.8. The summed E-state index contributed by atoms with van der Waals surface area (Å²) in [5.41, 5.74) is 0. The van der Waals surface area contributed by atoms with Crippen LogP contribution in [0.1, 0.15) is 39.0 Å². The number of rotatable bonds is 2. The molecule has 3 fully saturated rings. The molecule has 3 aliphatic heterocycles. The Morgan fingerprint density at radius 2 is 2.00 bits per heavy atom. The molecule has 3 saturated heterocycles. The second-order valence-electron chi connectivity index (χ2n) is 4.16. The van der Waals surface area contributed by atoms with E-state index in [4.69, 9.17) is 0 Å². The van der Waals surface area contributed by atoms with Crippen molar-refractivity contribution in [2.24, 2.45) is 5.92 Å². The van der Waals surface area contributed by atoms with Crippen LogP contribution in [0.25, 0.3) is 0 Å². The summed E-state index contributed by atoms with van der Waals surface area (Å²) in [6.07, 6.45) is 7.29. The van der Waals surface area contributed by atoms with Crippen LogP contribution >= 0.6 is 0 Å². The predicted octanol–water partition coefficient (Wildman–Crippen LogP) is 2.27. The largest absolute Gasteiger partial charge is 0.300 e. The lowest BCUT2D eigenvalue weighted by Crippen LogP contribution is -2.48. The fourth-order valence-electron chi connectivity index (χ4n) is 2.72. The molecule has 64 valence electrons. The van der Waals surface area contributed by atoms with Crippen molar-refractivity contribution in [1.29, 1.82) is 0 Å². The smallest absolute Gasteiger partial charge is 0.00978 e. The van der Waals surface area contributed by atoms with Gasteiger partial charge in [-0.2, -0.15) is 0 Å². The van der Waals surface area contributed by atoms with Gasteiger partial charge in [0.15, 0.2) is 0 Å². The lowest BCUT2D eigenvalue weighted by molar-refractivity contribution is 0.0448. The summed E-state index contributed by atoms with van der Waals surface area (Å²) in [7, 11) is 0. The summed E-state index contributed by atoms with van der Waals surface area (Å²) < 4.78 is 0. The summed E-state index contributed by atoms with van der Waals surface area (Å²) >= 11 is 0. The molecule has 0 aromatic rings. The van der Waals surface area contributed by atoms with Crippen LogP contribution in [0, 0.1) is 5.92 Å². The second-order valence-corrected chi connectivity index (χ2v) is 4.16. The average molecular weight is 153 g/mol. The van der Waals surface area contributed by atoms with E-state index in [0.29, 0.717) is 0 Å². The van der Waals surface area contributed by atoms with Gasteiger partial charge in [0.25, 0.3) is 0 Å². The zero-order chi connectivity index (χ0) is 7.68. The van der Waals surface area contributed by atoms with Gasteiger partial charge in [-0.05, 0) is 44.7 Å². The van der Waals surface area contributed by atoms with Gasteiger partial charge in [-0.1, -0.05) is 13.3 Å². The third-order valence-corrected chi connectivity index (χ3v) is 3.39. The van der Waals surface area contributed by atoms with Crippen LogP contribution in [-0.4, -0.2) is 24.0 Å². The molecule has 0 N–H and O–H groups in total. The monoisotopic (exact) mass is 153 g/mol. The lowest BCUT2D eigenvalue weighted by atomic mass is 9.82. The van der Waals surface area contributed by atoms with Gasteiger partial charge in [0.2, 0.25) is 0 Å². The van der Waals surface area contributed by atoms with Gasteiger partial charge in [0.05, 0.1) is 0 Å². The minimum Gasteiger partial charge on any atom is -0.300 e. The molecule has 1 heteroatoms. The van der Waals surface area contributed by atoms with Gasteiger partial charge >= 0.3 is 0 Å². The maximum Gasteiger partial charge on any atom is 0.00978 e. The molecule has 0 aromatic heterocycles. The van der Waals surface area contributed by atoms with Crippen LogP contribution in [0.15, 0.2) is 0 Å². The number of nitrogens with zero attached hydrogens (tertiary/aromatic N) is 1. The summed E-state index contributed by atoms with van der Waals surface area (Å²) in [6.45, 7) is 5.11. The average Bonchev–Trinajstić information content (AvgIpc) is 2.07. The number of piperidine rings is 3. The van der Waals surface area contributed by atoms with Crippen LogP contribution in [-0.2, 0) is 0 Å². The van der Waals surface area contributed by atoms with E-state index < -0.39 is 0 Å². The zero-order valence-corrected chi connectivity index (χ0v) is 7.55. The highest BCUT2D eigenvalue weighted by atomic mass is 15.2. The van der Waals surface area contributed by atoms with Crippen LogP contribution in [0.4, 0.5) is 0 Å². The van der Waals surface area contributed by atoms with Gasteiger partial charge < -0.3 is 4.90 Å². The Morgan fingerprint density at radius 1 is 1.27 bits per heavy atom. The molecule has 1 atom stereocenters. The van der Waals surface area contributed by atoms with Gasteiger partial charge in [0.1, 0.15) is 0 Å². The van der Waals surface area contributed by atoms with Crippen molar-refractivity contribution in [3.8, 4) is 0 Å². The van der Waals surface area contributed by atoms with Crippen LogP contribution in [0.2, 0.25) is 0 Å². The molecule has 0 aromatic carbocycles. The summed E-state index contributed by atoms with van der Waals surface area (Å²) in [6, 6.07) is 0.965. The number of fused-ring (bicyclic) bond motifs is 3. The lowest BCUT2D eigenvalue weighted by Gasteiger charge is -2.45. The first kappa shape index (κ1) is 7.60. The minimum atomic E-state index is 0.965. The number of hydrogen-bond acceptors (Lipinski definition) is 1. The van der Waals surface area contributed by atoms with Crippen molar-refractivity contribution in [3.05, 3.63) is 0 Å². The van der Waals surface area contributed by atoms with Crippen molar-refractivity contribution in [1.82, 2.24) is 4.90 Å². The van der Waals surface area contributed by atoms with Crippen LogP contribution in [0.5, 0.6) is 0 Å². The maximum absolute atomic E-state index is 2.71. The molecule has 3 rings (SSSR count). The minimum absolute atomic E-state index is 0.965. The van der Waals surface area contributed by atoms with E-state index >= 15 is 0 Å². The van der Waals surface area contributed by atoms with Crippen LogP contribution in [0.3, 0.4) is 0 Å². The van der Waals surface area contributed by atoms with Gasteiger partial charge in [-0.3, -0.25) is 0 Å². The Kier molecular flexibility index (Phi) is 2.17. The van der Waals surface area contributed by atoms with E-state index in [0.717, 1.165) is 12.0 Å². The van der Waals surface area contributed by atoms with Crippen molar-refractivity contribution in [2.75, 3.05) is 13.1 Å². The van der Waals surface area contributed by atoms with E-state index in [1.165, 1.54) is 45.2 Å². The van der Waals surface area contributed by atoms with Crippen molar-refractivity contribution in [3.63, 3.8) is 0 Å². The fourth-order valence-corrected chi connectivity index (χ4v) is 2.72. The molecule has 0 amide bonds. The van der Waals surface area contributed by atoms with E-state index in [1.54, 1.807) is 0 Å². The Balaban J connectivity index is 1.92.